The molecular formula is C13H24IN5OS2. The number of amides is 1. The Labute approximate surface area is 157 Å². The zero-order valence-corrected chi connectivity index (χ0v) is 17.1. The fourth-order valence-electron chi connectivity index (χ4n) is 1.35. The maximum atomic E-state index is 11.5. The first-order chi connectivity index (χ1) is 10.1. The van der Waals surface area contributed by atoms with E-state index in [4.69, 9.17) is 0 Å². The molecule has 0 saturated carbocycles. The summed E-state index contributed by atoms with van der Waals surface area (Å²) >= 11 is 3.42. The molecule has 126 valence electrons. The van der Waals surface area contributed by atoms with Crippen molar-refractivity contribution in [2.75, 3.05) is 39.5 Å². The highest BCUT2D eigenvalue weighted by Crippen LogP contribution is 2.20. The van der Waals surface area contributed by atoms with E-state index in [0.29, 0.717) is 5.96 Å². The number of carbonyl (C=O) groups excluding carboxylic acids is 1. The van der Waals surface area contributed by atoms with E-state index in [2.05, 4.69) is 20.6 Å². The summed E-state index contributed by atoms with van der Waals surface area (Å²) in [4.78, 5) is 21.5. The van der Waals surface area contributed by atoms with Crippen molar-refractivity contribution in [2.24, 2.45) is 4.99 Å². The quantitative estimate of drug-likeness (QED) is 0.205. The third-order valence-electron chi connectivity index (χ3n) is 2.46. The lowest BCUT2D eigenvalue weighted by Gasteiger charge is -2.12. The summed E-state index contributed by atoms with van der Waals surface area (Å²) in [5, 5.41) is 8.35. The molecule has 0 radical (unpaired) electrons. The first-order valence-corrected chi connectivity index (χ1v) is 8.74. The van der Waals surface area contributed by atoms with Gasteiger partial charge in [0.1, 0.15) is 10.9 Å². The molecule has 6 nitrogen and oxygen atoms in total. The second-order valence-corrected chi connectivity index (χ2v) is 6.65. The molecule has 22 heavy (non-hydrogen) atoms. The number of rotatable bonds is 8. The molecular weight excluding hydrogens is 433 g/mol. The number of likely N-dealkylation sites (N-methyl/N-ethyl adjacent to an activating group) is 1. The normalized spacial score (nSPS) is 10.8. The van der Waals surface area contributed by atoms with E-state index in [1.54, 1.807) is 37.2 Å². The Morgan fingerprint density at radius 1 is 1.45 bits per heavy atom. The summed E-state index contributed by atoms with van der Waals surface area (Å²) in [6.45, 7) is 3.76. The highest BCUT2D eigenvalue weighted by atomic mass is 127. The van der Waals surface area contributed by atoms with Crippen LogP contribution in [0.2, 0.25) is 0 Å². The Hall–Kier alpha value is -0.550. The van der Waals surface area contributed by atoms with Crippen molar-refractivity contribution in [3.8, 4) is 0 Å². The summed E-state index contributed by atoms with van der Waals surface area (Å²) < 4.78 is 1.10. The van der Waals surface area contributed by atoms with E-state index in [-0.39, 0.29) is 36.4 Å². The fraction of sp³-hybridized carbons (Fsp3) is 0.615. The molecule has 9 heteroatoms. The molecule has 1 rings (SSSR count). The number of thioether (sulfide) groups is 1. The number of thiazole rings is 1. The zero-order chi connectivity index (χ0) is 15.5. The predicted octanol–water partition coefficient (Wildman–Crippen LogP) is 1.89. The van der Waals surface area contributed by atoms with Gasteiger partial charge in [0, 0.05) is 44.5 Å². The van der Waals surface area contributed by atoms with Crippen LogP contribution in [0.15, 0.2) is 20.9 Å². The van der Waals surface area contributed by atoms with Crippen LogP contribution in [0.5, 0.6) is 0 Å². The predicted molar refractivity (Wildman–Crippen MR) is 106 cm³/mol. The minimum atomic E-state index is -0.00784. The van der Waals surface area contributed by atoms with Crippen LogP contribution in [-0.2, 0) is 4.79 Å². The van der Waals surface area contributed by atoms with Gasteiger partial charge >= 0.3 is 0 Å². The van der Waals surface area contributed by atoms with Gasteiger partial charge in [-0.05, 0) is 13.3 Å². The van der Waals surface area contributed by atoms with Crippen LogP contribution in [-0.4, -0.2) is 61.2 Å². The molecule has 0 aliphatic heterocycles. The number of hydrogen-bond donors (Lipinski definition) is 2. The van der Waals surface area contributed by atoms with Crippen LogP contribution in [0.4, 0.5) is 0 Å². The van der Waals surface area contributed by atoms with Crippen molar-refractivity contribution >= 4 is 58.9 Å². The van der Waals surface area contributed by atoms with E-state index >= 15 is 0 Å². The molecule has 0 bridgehead atoms. The topological polar surface area (TPSA) is 69.6 Å². The Morgan fingerprint density at radius 2 is 2.23 bits per heavy atom. The van der Waals surface area contributed by atoms with Gasteiger partial charge in [0.2, 0.25) is 5.91 Å². The van der Waals surface area contributed by atoms with E-state index in [1.807, 2.05) is 18.5 Å². The summed E-state index contributed by atoms with van der Waals surface area (Å²) in [5.74, 6) is 1.69. The van der Waals surface area contributed by atoms with Gasteiger partial charge in [-0.15, -0.1) is 35.3 Å². The largest absolute Gasteiger partial charge is 0.357 e. The van der Waals surface area contributed by atoms with Crippen LogP contribution < -0.4 is 10.6 Å². The molecule has 2 N–H and O–H groups in total. The molecule has 0 unspecified atom stereocenters. The van der Waals surface area contributed by atoms with Crippen LogP contribution >= 0.6 is 47.1 Å². The molecule has 1 aromatic heterocycles. The average Bonchev–Trinajstić information content (AvgIpc) is 2.96. The molecule has 0 spiro atoms. The SMILES string of the molecule is CCNC(=NCC(=O)N(C)C)NCCCSc1nccs1.I. The molecule has 1 amide bonds. The Balaban J connectivity index is 0.00000441. The lowest BCUT2D eigenvalue weighted by molar-refractivity contribution is -0.127. The van der Waals surface area contributed by atoms with Crippen LogP contribution in [0, 0.1) is 0 Å². The third kappa shape index (κ3) is 9.46. The lowest BCUT2D eigenvalue weighted by atomic mass is 10.5. The monoisotopic (exact) mass is 457 g/mol. The minimum Gasteiger partial charge on any atom is -0.357 e. The van der Waals surface area contributed by atoms with Crippen molar-refractivity contribution < 1.29 is 4.79 Å². The first kappa shape index (κ1) is 21.4. The zero-order valence-electron chi connectivity index (χ0n) is 13.2. The summed E-state index contributed by atoms with van der Waals surface area (Å²) in [6.07, 6.45) is 2.83. The van der Waals surface area contributed by atoms with Gasteiger partial charge in [0.15, 0.2) is 5.96 Å². The van der Waals surface area contributed by atoms with Crippen molar-refractivity contribution in [1.29, 1.82) is 0 Å². The Kier molecular flexibility index (Phi) is 12.6. The second kappa shape index (κ2) is 12.9. The summed E-state index contributed by atoms with van der Waals surface area (Å²) in [6, 6.07) is 0. The fourth-order valence-corrected chi connectivity index (χ4v) is 3.00. The van der Waals surface area contributed by atoms with E-state index in [1.165, 1.54) is 4.90 Å². The van der Waals surface area contributed by atoms with Crippen molar-refractivity contribution in [3.63, 3.8) is 0 Å². The molecule has 0 atom stereocenters. The van der Waals surface area contributed by atoms with E-state index in [9.17, 15) is 4.79 Å². The van der Waals surface area contributed by atoms with E-state index < -0.39 is 0 Å². The highest BCUT2D eigenvalue weighted by Gasteiger charge is 2.03. The van der Waals surface area contributed by atoms with Crippen LogP contribution in [0.25, 0.3) is 0 Å². The number of halogens is 1. The van der Waals surface area contributed by atoms with Gasteiger partial charge in [-0.1, -0.05) is 11.8 Å². The smallest absolute Gasteiger partial charge is 0.243 e. The van der Waals surface area contributed by atoms with Crippen LogP contribution in [0.1, 0.15) is 13.3 Å². The number of guanidine groups is 1. The lowest BCUT2D eigenvalue weighted by Crippen LogP contribution is -2.39. The maximum absolute atomic E-state index is 11.5. The molecule has 0 aliphatic rings. The van der Waals surface area contributed by atoms with Gasteiger partial charge in [0.25, 0.3) is 0 Å². The number of nitrogens with one attached hydrogen (secondary N) is 2. The Morgan fingerprint density at radius 3 is 2.82 bits per heavy atom. The van der Waals surface area contributed by atoms with Gasteiger partial charge in [0.05, 0.1) is 0 Å². The van der Waals surface area contributed by atoms with Crippen molar-refractivity contribution in [3.05, 3.63) is 11.6 Å². The number of aliphatic imine (C=N–C) groups is 1. The van der Waals surface area contributed by atoms with Crippen molar-refractivity contribution in [1.82, 2.24) is 20.5 Å². The molecule has 0 fully saturated rings. The minimum absolute atomic E-state index is 0. The Bertz CT molecular complexity index is 440. The van der Waals surface area contributed by atoms with Gasteiger partial charge < -0.3 is 15.5 Å². The highest BCUT2D eigenvalue weighted by molar-refractivity contribution is 14.0. The van der Waals surface area contributed by atoms with Gasteiger partial charge in [-0.2, -0.15) is 0 Å². The molecule has 1 heterocycles. The number of hydrogen-bond acceptors (Lipinski definition) is 5. The maximum Gasteiger partial charge on any atom is 0.243 e. The number of nitrogens with zero attached hydrogens (tertiary/aromatic N) is 3. The number of aromatic nitrogens is 1. The molecule has 0 aromatic carbocycles. The first-order valence-electron chi connectivity index (χ1n) is 6.88. The van der Waals surface area contributed by atoms with E-state index in [0.717, 1.165) is 29.6 Å². The van der Waals surface area contributed by atoms with Gasteiger partial charge in [-0.3, -0.25) is 4.79 Å². The standard InChI is InChI=1S/C13H23N5OS2.HI/c1-4-14-12(17-10-11(19)18(2)3)15-6-5-8-20-13-16-7-9-21-13;/h7,9H,4-6,8,10H2,1-3H3,(H2,14,15,17);1H. The van der Waals surface area contributed by atoms with Crippen molar-refractivity contribution in [2.45, 2.75) is 17.7 Å². The summed E-state index contributed by atoms with van der Waals surface area (Å²) in [5.41, 5.74) is 0. The second-order valence-electron chi connectivity index (χ2n) is 4.41. The average molecular weight is 457 g/mol. The molecule has 0 saturated heterocycles. The van der Waals surface area contributed by atoms with Gasteiger partial charge in [-0.25, -0.2) is 9.98 Å². The molecule has 0 aliphatic carbocycles. The third-order valence-corrected chi connectivity index (χ3v) is 4.52. The number of carbonyl (C=O) groups is 1. The summed E-state index contributed by atoms with van der Waals surface area (Å²) in [7, 11) is 3.46. The molecule has 1 aromatic rings. The van der Waals surface area contributed by atoms with Crippen LogP contribution in [0.3, 0.4) is 0 Å².